The lowest BCUT2D eigenvalue weighted by Crippen LogP contribution is -2.47. The van der Waals surface area contributed by atoms with Crippen LogP contribution in [0.3, 0.4) is 0 Å². The van der Waals surface area contributed by atoms with Crippen molar-refractivity contribution < 1.29 is 14.2 Å². The monoisotopic (exact) mass is 549 g/mol. The number of rotatable bonds is 6. The highest BCUT2D eigenvalue weighted by atomic mass is 127. The van der Waals surface area contributed by atoms with Gasteiger partial charge in [-0.1, -0.05) is 11.6 Å². The van der Waals surface area contributed by atoms with Crippen LogP contribution in [0.5, 0.6) is 11.5 Å². The molecule has 8 nitrogen and oxygen atoms in total. The summed E-state index contributed by atoms with van der Waals surface area (Å²) in [5.74, 6) is 2.00. The number of hydrogen-bond acceptors (Lipinski definition) is 5. The highest BCUT2D eigenvalue weighted by Gasteiger charge is 2.25. The summed E-state index contributed by atoms with van der Waals surface area (Å²) in [4.78, 5) is 6.63. The minimum Gasteiger partial charge on any atom is -0.493 e. The molecule has 1 atom stereocenters. The average molecular weight is 550 g/mol. The van der Waals surface area contributed by atoms with E-state index in [2.05, 4.69) is 20.3 Å². The summed E-state index contributed by atoms with van der Waals surface area (Å²) in [7, 11) is 5.29. The van der Waals surface area contributed by atoms with E-state index in [0.29, 0.717) is 42.8 Å². The molecule has 2 heterocycles. The maximum Gasteiger partial charge on any atom is 0.194 e. The zero-order valence-electron chi connectivity index (χ0n) is 17.7. The van der Waals surface area contributed by atoms with Gasteiger partial charge < -0.3 is 24.4 Å². The first kappa shape index (κ1) is 24.5. The van der Waals surface area contributed by atoms with Crippen LogP contribution in [-0.2, 0) is 18.3 Å². The number of benzene rings is 1. The van der Waals surface area contributed by atoms with E-state index in [0.717, 1.165) is 23.6 Å². The Morgan fingerprint density at radius 1 is 1.43 bits per heavy atom. The minimum absolute atomic E-state index is 0. The summed E-state index contributed by atoms with van der Waals surface area (Å²) in [5.41, 5.74) is 2.05. The highest BCUT2D eigenvalue weighted by Crippen LogP contribution is 2.36. The molecular formula is C20H29ClIN5O3. The summed E-state index contributed by atoms with van der Waals surface area (Å²) in [6.07, 6.45) is 3.80. The predicted molar refractivity (Wildman–Crippen MR) is 128 cm³/mol. The van der Waals surface area contributed by atoms with Crippen molar-refractivity contribution >= 4 is 41.5 Å². The van der Waals surface area contributed by atoms with Crippen molar-refractivity contribution in [1.82, 2.24) is 20.0 Å². The van der Waals surface area contributed by atoms with Crippen molar-refractivity contribution in [3.63, 3.8) is 0 Å². The Bertz CT molecular complexity index is 861. The fourth-order valence-electron chi connectivity index (χ4n) is 3.32. The number of morpholine rings is 1. The van der Waals surface area contributed by atoms with Gasteiger partial charge in [0.2, 0.25) is 0 Å². The SMILES string of the molecule is CCOc1c(Cl)cc(CNC(=NC)N2CCOC(c3cnn(C)c3)C2)cc1OC.I. The van der Waals surface area contributed by atoms with E-state index >= 15 is 0 Å². The van der Waals surface area contributed by atoms with Gasteiger partial charge in [-0.15, -0.1) is 24.0 Å². The third kappa shape index (κ3) is 5.92. The summed E-state index contributed by atoms with van der Waals surface area (Å²) in [5, 5.41) is 8.18. The van der Waals surface area contributed by atoms with E-state index in [1.54, 1.807) is 18.8 Å². The fourth-order valence-corrected chi connectivity index (χ4v) is 3.61. The normalized spacial score (nSPS) is 16.8. The standard InChI is InChI=1S/C20H28ClN5O3.HI/c1-5-28-19-16(21)8-14(9-17(19)27-4)10-23-20(22-2)26-6-7-29-18(13-26)15-11-24-25(3)12-15;/h8-9,11-12,18H,5-7,10,13H2,1-4H3,(H,22,23);1H. The molecule has 1 aliphatic heterocycles. The van der Waals surface area contributed by atoms with E-state index in [1.165, 1.54) is 0 Å². The van der Waals surface area contributed by atoms with Gasteiger partial charge in [-0.3, -0.25) is 9.67 Å². The van der Waals surface area contributed by atoms with Gasteiger partial charge in [0, 0.05) is 38.9 Å². The van der Waals surface area contributed by atoms with Gasteiger partial charge in [-0.2, -0.15) is 5.10 Å². The number of aromatic nitrogens is 2. The third-order valence-electron chi connectivity index (χ3n) is 4.70. The largest absolute Gasteiger partial charge is 0.493 e. The van der Waals surface area contributed by atoms with Crippen LogP contribution >= 0.6 is 35.6 Å². The zero-order chi connectivity index (χ0) is 20.8. The molecule has 0 aliphatic carbocycles. The summed E-state index contributed by atoms with van der Waals surface area (Å²) in [6, 6.07) is 3.81. The van der Waals surface area contributed by atoms with Crippen LogP contribution in [0, 0.1) is 0 Å². The minimum atomic E-state index is -0.0315. The number of hydrogen-bond donors (Lipinski definition) is 1. The highest BCUT2D eigenvalue weighted by molar-refractivity contribution is 14.0. The van der Waals surface area contributed by atoms with Gasteiger partial charge in [0.1, 0.15) is 6.10 Å². The van der Waals surface area contributed by atoms with Crippen LogP contribution < -0.4 is 14.8 Å². The molecule has 1 aromatic carbocycles. The molecule has 0 amide bonds. The lowest BCUT2D eigenvalue weighted by Gasteiger charge is -2.34. The molecule has 1 saturated heterocycles. The van der Waals surface area contributed by atoms with Crippen LogP contribution in [0.15, 0.2) is 29.5 Å². The number of guanidine groups is 1. The Labute approximate surface area is 199 Å². The molecule has 1 aromatic heterocycles. The van der Waals surface area contributed by atoms with Crippen LogP contribution in [0.25, 0.3) is 0 Å². The number of methoxy groups -OCH3 is 1. The summed E-state index contributed by atoms with van der Waals surface area (Å²) in [6.45, 7) is 5.10. The second kappa shape index (κ2) is 11.6. The molecule has 166 valence electrons. The molecular weight excluding hydrogens is 521 g/mol. The van der Waals surface area contributed by atoms with Crippen LogP contribution in [-0.4, -0.2) is 61.1 Å². The van der Waals surface area contributed by atoms with Crippen LogP contribution in [0.2, 0.25) is 5.02 Å². The molecule has 30 heavy (non-hydrogen) atoms. The number of aryl methyl sites for hydroxylation is 1. The van der Waals surface area contributed by atoms with E-state index in [-0.39, 0.29) is 30.1 Å². The van der Waals surface area contributed by atoms with E-state index in [4.69, 9.17) is 25.8 Å². The van der Waals surface area contributed by atoms with Crippen molar-refractivity contribution in [3.8, 4) is 11.5 Å². The second-order valence-electron chi connectivity index (χ2n) is 6.70. The average Bonchev–Trinajstić information content (AvgIpc) is 3.17. The second-order valence-corrected chi connectivity index (χ2v) is 7.10. The Kier molecular flexibility index (Phi) is 9.50. The first-order valence-electron chi connectivity index (χ1n) is 9.60. The Morgan fingerprint density at radius 3 is 2.87 bits per heavy atom. The number of ether oxygens (including phenoxy) is 3. The van der Waals surface area contributed by atoms with E-state index in [9.17, 15) is 0 Å². The van der Waals surface area contributed by atoms with Crippen LogP contribution in [0.1, 0.15) is 24.2 Å². The molecule has 1 unspecified atom stereocenters. The van der Waals surface area contributed by atoms with Crippen molar-refractivity contribution in [2.75, 3.05) is 40.5 Å². The van der Waals surface area contributed by atoms with Gasteiger partial charge in [0.05, 0.1) is 38.1 Å². The molecule has 0 spiro atoms. The fraction of sp³-hybridized carbons (Fsp3) is 0.500. The summed E-state index contributed by atoms with van der Waals surface area (Å²) >= 11 is 6.38. The molecule has 0 saturated carbocycles. The van der Waals surface area contributed by atoms with Gasteiger partial charge >= 0.3 is 0 Å². The molecule has 10 heteroatoms. The summed E-state index contributed by atoms with van der Waals surface area (Å²) < 4.78 is 18.7. The molecule has 1 fully saturated rings. The van der Waals surface area contributed by atoms with Gasteiger partial charge in [-0.25, -0.2) is 0 Å². The smallest absolute Gasteiger partial charge is 0.194 e. The molecule has 1 N–H and O–H groups in total. The van der Waals surface area contributed by atoms with E-state index in [1.807, 2.05) is 38.5 Å². The lowest BCUT2D eigenvalue weighted by atomic mass is 10.1. The third-order valence-corrected chi connectivity index (χ3v) is 4.98. The zero-order valence-corrected chi connectivity index (χ0v) is 20.8. The molecule has 0 radical (unpaired) electrons. The Morgan fingerprint density at radius 2 is 2.23 bits per heavy atom. The quantitative estimate of drug-likeness (QED) is 0.339. The maximum atomic E-state index is 6.38. The molecule has 0 bridgehead atoms. The first-order chi connectivity index (χ1) is 14.0. The molecule has 2 aromatic rings. The van der Waals surface area contributed by atoms with Gasteiger partial charge in [0.15, 0.2) is 17.5 Å². The van der Waals surface area contributed by atoms with Crippen molar-refractivity contribution in [1.29, 1.82) is 0 Å². The lowest BCUT2D eigenvalue weighted by molar-refractivity contribution is -0.00805. The van der Waals surface area contributed by atoms with Crippen LogP contribution in [0.4, 0.5) is 0 Å². The topological polar surface area (TPSA) is 73.1 Å². The van der Waals surface area contributed by atoms with E-state index < -0.39 is 0 Å². The number of nitrogens with zero attached hydrogens (tertiary/aromatic N) is 4. The van der Waals surface area contributed by atoms with Crippen molar-refractivity contribution in [3.05, 3.63) is 40.7 Å². The van der Waals surface area contributed by atoms with Gasteiger partial charge in [0.25, 0.3) is 0 Å². The molecule has 3 rings (SSSR count). The Balaban J connectivity index is 0.00000320. The Hall–Kier alpha value is -1.72. The van der Waals surface area contributed by atoms with Crippen molar-refractivity contribution in [2.45, 2.75) is 19.6 Å². The predicted octanol–water partition coefficient (Wildman–Crippen LogP) is 3.25. The number of nitrogens with one attached hydrogen (secondary N) is 1. The maximum absolute atomic E-state index is 6.38. The molecule has 1 aliphatic rings. The van der Waals surface area contributed by atoms with Crippen molar-refractivity contribution in [2.24, 2.45) is 12.0 Å². The number of halogens is 2. The first-order valence-corrected chi connectivity index (χ1v) is 9.98. The van der Waals surface area contributed by atoms with Gasteiger partial charge in [-0.05, 0) is 24.6 Å². The number of aliphatic imine (C=N–C) groups is 1.